The smallest absolute Gasteiger partial charge is 0.180 e. The molecular formula is C14H19NOS. The SMILES string of the molecule is CCCc1ccc(C(=O)C2CSCCN2)cc1. The third-order valence-electron chi connectivity index (χ3n) is 3.02. The predicted molar refractivity (Wildman–Crippen MR) is 73.9 cm³/mol. The monoisotopic (exact) mass is 249 g/mol. The summed E-state index contributed by atoms with van der Waals surface area (Å²) in [7, 11) is 0. The zero-order chi connectivity index (χ0) is 12.1. The fourth-order valence-electron chi connectivity index (χ4n) is 2.06. The minimum absolute atomic E-state index is 0.00535. The molecule has 0 bridgehead atoms. The average Bonchev–Trinajstić information content (AvgIpc) is 2.40. The van der Waals surface area contributed by atoms with Crippen LogP contribution in [0.4, 0.5) is 0 Å². The van der Waals surface area contributed by atoms with Crippen LogP contribution in [-0.4, -0.2) is 29.9 Å². The van der Waals surface area contributed by atoms with Gasteiger partial charge in [0.05, 0.1) is 6.04 Å². The molecule has 0 aliphatic carbocycles. The van der Waals surface area contributed by atoms with Crippen LogP contribution in [-0.2, 0) is 6.42 Å². The summed E-state index contributed by atoms with van der Waals surface area (Å²) in [5.41, 5.74) is 2.15. The molecule has 1 heterocycles. The Kier molecular flexibility index (Phi) is 4.63. The minimum atomic E-state index is 0.00535. The van der Waals surface area contributed by atoms with Crippen molar-refractivity contribution in [2.45, 2.75) is 25.8 Å². The van der Waals surface area contributed by atoms with Crippen molar-refractivity contribution in [3.63, 3.8) is 0 Å². The summed E-state index contributed by atoms with van der Waals surface area (Å²) >= 11 is 1.85. The maximum Gasteiger partial charge on any atom is 0.180 e. The standard InChI is InChI=1S/C14H19NOS/c1-2-3-11-4-6-12(7-5-11)14(16)13-10-17-9-8-15-13/h4-7,13,15H,2-3,8-10H2,1H3. The fourth-order valence-corrected chi connectivity index (χ4v) is 2.99. The van der Waals surface area contributed by atoms with Crippen molar-refractivity contribution >= 4 is 17.5 Å². The highest BCUT2D eigenvalue weighted by atomic mass is 32.2. The zero-order valence-electron chi connectivity index (χ0n) is 10.2. The normalized spacial score (nSPS) is 20.2. The first-order valence-corrected chi connectivity index (χ1v) is 7.41. The molecule has 0 aromatic heterocycles. The van der Waals surface area contributed by atoms with Crippen molar-refractivity contribution in [3.05, 3.63) is 35.4 Å². The van der Waals surface area contributed by atoms with Crippen molar-refractivity contribution < 1.29 is 4.79 Å². The van der Waals surface area contributed by atoms with E-state index in [1.165, 1.54) is 5.56 Å². The summed E-state index contributed by atoms with van der Waals surface area (Å²) in [5.74, 6) is 2.25. The molecule has 1 N–H and O–H groups in total. The second kappa shape index (κ2) is 6.22. The van der Waals surface area contributed by atoms with Gasteiger partial charge in [-0.25, -0.2) is 0 Å². The van der Waals surface area contributed by atoms with Gasteiger partial charge >= 0.3 is 0 Å². The van der Waals surface area contributed by atoms with E-state index >= 15 is 0 Å². The maximum atomic E-state index is 12.2. The van der Waals surface area contributed by atoms with Crippen molar-refractivity contribution in [2.75, 3.05) is 18.1 Å². The molecule has 0 radical (unpaired) electrons. The van der Waals surface area contributed by atoms with Crippen LogP contribution >= 0.6 is 11.8 Å². The van der Waals surface area contributed by atoms with Crippen LogP contribution in [0.3, 0.4) is 0 Å². The highest BCUT2D eigenvalue weighted by Gasteiger charge is 2.21. The third-order valence-corrected chi connectivity index (χ3v) is 4.08. The highest BCUT2D eigenvalue weighted by molar-refractivity contribution is 7.99. The molecular weight excluding hydrogens is 230 g/mol. The lowest BCUT2D eigenvalue weighted by Crippen LogP contribution is -2.43. The molecule has 3 heteroatoms. The topological polar surface area (TPSA) is 29.1 Å². The molecule has 0 spiro atoms. The van der Waals surface area contributed by atoms with Crippen molar-refractivity contribution in [1.29, 1.82) is 0 Å². The van der Waals surface area contributed by atoms with E-state index < -0.39 is 0 Å². The van der Waals surface area contributed by atoms with Crippen molar-refractivity contribution in [3.8, 4) is 0 Å². The van der Waals surface area contributed by atoms with Crippen molar-refractivity contribution in [1.82, 2.24) is 5.32 Å². The van der Waals surface area contributed by atoms with Gasteiger partial charge in [0.25, 0.3) is 0 Å². The van der Waals surface area contributed by atoms with E-state index in [1.54, 1.807) is 0 Å². The molecule has 92 valence electrons. The number of benzene rings is 1. The van der Waals surface area contributed by atoms with E-state index in [0.29, 0.717) is 0 Å². The number of nitrogens with one attached hydrogen (secondary N) is 1. The van der Waals surface area contributed by atoms with Crippen LogP contribution < -0.4 is 5.32 Å². The second-order valence-corrected chi connectivity index (χ2v) is 5.54. The first kappa shape index (κ1) is 12.7. The van der Waals surface area contributed by atoms with Crippen LogP contribution in [0, 0.1) is 0 Å². The van der Waals surface area contributed by atoms with E-state index in [9.17, 15) is 4.79 Å². The van der Waals surface area contributed by atoms with Gasteiger partial charge in [0.15, 0.2) is 5.78 Å². The van der Waals surface area contributed by atoms with Gasteiger partial charge in [-0.05, 0) is 12.0 Å². The van der Waals surface area contributed by atoms with Crippen LogP contribution in [0.1, 0.15) is 29.3 Å². The maximum absolute atomic E-state index is 12.2. The number of aryl methyl sites for hydroxylation is 1. The van der Waals surface area contributed by atoms with Gasteiger partial charge in [-0.3, -0.25) is 4.79 Å². The summed E-state index contributed by atoms with van der Waals surface area (Å²) < 4.78 is 0. The molecule has 1 fully saturated rings. The predicted octanol–water partition coefficient (Wildman–Crippen LogP) is 2.53. The van der Waals surface area contributed by atoms with Crippen molar-refractivity contribution in [2.24, 2.45) is 0 Å². The number of thioether (sulfide) groups is 1. The Morgan fingerprint density at radius 1 is 1.41 bits per heavy atom. The lowest BCUT2D eigenvalue weighted by Gasteiger charge is -2.21. The summed E-state index contributed by atoms with van der Waals surface area (Å²) in [6, 6.07) is 8.09. The molecule has 2 nitrogen and oxygen atoms in total. The first-order valence-electron chi connectivity index (χ1n) is 6.25. The molecule has 1 aliphatic rings. The Balaban J connectivity index is 2.03. The van der Waals surface area contributed by atoms with Gasteiger partial charge in [-0.2, -0.15) is 11.8 Å². The van der Waals surface area contributed by atoms with Crippen LogP contribution in [0.15, 0.2) is 24.3 Å². The average molecular weight is 249 g/mol. The van der Waals surface area contributed by atoms with E-state index in [4.69, 9.17) is 0 Å². The van der Waals surface area contributed by atoms with Gasteiger partial charge < -0.3 is 5.32 Å². The molecule has 1 unspecified atom stereocenters. The molecule has 1 aromatic rings. The third kappa shape index (κ3) is 3.33. The molecule has 0 saturated carbocycles. The van der Waals surface area contributed by atoms with Gasteiger partial charge in [0.2, 0.25) is 0 Å². The molecule has 2 rings (SSSR count). The minimum Gasteiger partial charge on any atom is -0.306 e. The highest BCUT2D eigenvalue weighted by Crippen LogP contribution is 2.14. The molecule has 1 saturated heterocycles. The largest absolute Gasteiger partial charge is 0.306 e. The number of hydrogen-bond acceptors (Lipinski definition) is 3. The number of ketones is 1. The quantitative estimate of drug-likeness (QED) is 0.831. The van der Waals surface area contributed by atoms with E-state index in [1.807, 2.05) is 23.9 Å². The summed E-state index contributed by atoms with van der Waals surface area (Å²) in [5, 5.41) is 3.29. The Labute approximate surface area is 107 Å². The zero-order valence-corrected chi connectivity index (χ0v) is 11.1. The second-order valence-electron chi connectivity index (χ2n) is 4.39. The van der Waals surface area contributed by atoms with Gasteiger partial charge in [0.1, 0.15) is 0 Å². The Morgan fingerprint density at radius 3 is 2.76 bits per heavy atom. The Morgan fingerprint density at radius 2 is 2.18 bits per heavy atom. The Bertz CT molecular complexity index is 368. The molecule has 1 aliphatic heterocycles. The number of carbonyl (C=O) groups is 1. The summed E-state index contributed by atoms with van der Waals surface area (Å²) in [6.45, 7) is 3.11. The number of hydrogen-bond donors (Lipinski definition) is 1. The van der Waals surface area contributed by atoms with Gasteiger partial charge in [-0.15, -0.1) is 0 Å². The Hall–Kier alpha value is -0.800. The number of rotatable bonds is 4. The van der Waals surface area contributed by atoms with Crippen LogP contribution in [0.2, 0.25) is 0 Å². The number of Topliss-reactive ketones (excluding diaryl/α,β-unsaturated/α-hetero) is 1. The van der Waals surface area contributed by atoms with Crippen LogP contribution in [0.5, 0.6) is 0 Å². The molecule has 0 amide bonds. The fraction of sp³-hybridized carbons (Fsp3) is 0.500. The lowest BCUT2D eigenvalue weighted by atomic mass is 10.0. The first-order chi connectivity index (χ1) is 8.31. The lowest BCUT2D eigenvalue weighted by molar-refractivity contribution is 0.0953. The summed E-state index contributed by atoms with van der Waals surface area (Å²) in [4.78, 5) is 12.2. The molecule has 1 aromatic carbocycles. The molecule has 1 atom stereocenters. The van der Waals surface area contributed by atoms with Gasteiger partial charge in [0, 0.05) is 23.6 Å². The van der Waals surface area contributed by atoms with E-state index in [2.05, 4.69) is 24.4 Å². The van der Waals surface area contributed by atoms with Crippen LogP contribution in [0.25, 0.3) is 0 Å². The number of carbonyl (C=O) groups excluding carboxylic acids is 1. The van der Waals surface area contributed by atoms with Gasteiger partial charge in [-0.1, -0.05) is 37.6 Å². The molecule has 17 heavy (non-hydrogen) atoms. The van der Waals surface area contributed by atoms with E-state index in [-0.39, 0.29) is 11.8 Å². The summed E-state index contributed by atoms with van der Waals surface area (Å²) in [6.07, 6.45) is 2.24. The van der Waals surface area contributed by atoms with E-state index in [0.717, 1.165) is 36.5 Å².